The molecule has 28 heavy (non-hydrogen) atoms. The van der Waals surface area contributed by atoms with Crippen LogP contribution < -0.4 is 10.9 Å². The van der Waals surface area contributed by atoms with E-state index in [2.05, 4.69) is 29.6 Å². The van der Waals surface area contributed by atoms with Gasteiger partial charge in [0, 0.05) is 32.5 Å². The molecule has 146 valence electrons. The Morgan fingerprint density at radius 2 is 1.82 bits per heavy atom. The molecule has 1 N–H and O–H groups in total. The van der Waals surface area contributed by atoms with Gasteiger partial charge in [-0.1, -0.05) is 36.8 Å². The normalized spacial score (nSPS) is 19.7. The first-order valence-corrected chi connectivity index (χ1v) is 9.96. The van der Waals surface area contributed by atoms with Crippen LogP contribution in [0.15, 0.2) is 47.5 Å². The van der Waals surface area contributed by atoms with Crippen molar-refractivity contribution >= 4 is 16.8 Å². The topological polar surface area (TPSA) is 56.0 Å². The lowest BCUT2D eigenvalue weighted by atomic mass is 9.81. The lowest BCUT2D eigenvalue weighted by molar-refractivity contribution is 0.0926. The van der Waals surface area contributed by atoms with Crippen LogP contribution in [0.5, 0.6) is 0 Å². The van der Waals surface area contributed by atoms with Gasteiger partial charge in [0.1, 0.15) is 0 Å². The third kappa shape index (κ3) is 3.26. The first-order chi connectivity index (χ1) is 13.5. The van der Waals surface area contributed by atoms with Crippen molar-refractivity contribution in [1.29, 1.82) is 0 Å². The maximum atomic E-state index is 13.1. The largest absolute Gasteiger partial charge is 0.349 e. The molecule has 5 heteroatoms. The first kappa shape index (κ1) is 18.5. The van der Waals surface area contributed by atoms with Crippen molar-refractivity contribution in [3.8, 4) is 0 Å². The average Bonchev–Trinajstić information content (AvgIpc) is 3.05. The number of carbonyl (C=O) groups is 1. The molecule has 2 heterocycles. The van der Waals surface area contributed by atoms with Gasteiger partial charge in [0.2, 0.25) is 0 Å². The molecule has 0 unspecified atom stereocenters. The Hall–Kier alpha value is -2.82. The van der Waals surface area contributed by atoms with Gasteiger partial charge in [-0.05, 0) is 43.2 Å². The zero-order chi connectivity index (χ0) is 19.8. The van der Waals surface area contributed by atoms with E-state index in [1.54, 1.807) is 17.8 Å². The van der Waals surface area contributed by atoms with E-state index in [-0.39, 0.29) is 17.5 Å². The summed E-state index contributed by atoms with van der Waals surface area (Å²) in [6.07, 6.45) is 7.78. The van der Waals surface area contributed by atoms with Crippen molar-refractivity contribution < 1.29 is 4.79 Å². The molecule has 1 aliphatic rings. The van der Waals surface area contributed by atoms with Crippen molar-refractivity contribution in [2.24, 2.45) is 14.1 Å². The molecule has 3 aromatic rings. The molecular weight excluding hydrogens is 350 g/mol. The third-order valence-corrected chi connectivity index (χ3v) is 6.00. The van der Waals surface area contributed by atoms with Crippen LogP contribution in [0, 0.1) is 6.92 Å². The summed E-state index contributed by atoms with van der Waals surface area (Å²) in [5.41, 5.74) is 3.51. The summed E-state index contributed by atoms with van der Waals surface area (Å²) in [5, 5.41) is 3.72. The molecule has 0 aliphatic heterocycles. The fourth-order valence-corrected chi connectivity index (χ4v) is 4.69. The number of fused-ring (bicyclic) bond motifs is 1. The minimum Gasteiger partial charge on any atom is -0.349 e. The number of nitrogens with zero attached hydrogens (tertiary/aromatic N) is 2. The third-order valence-electron chi connectivity index (χ3n) is 6.00. The van der Waals surface area contributed by atoms with Crippen molar-refractivity contribution in [3.05, 3.63) is 69.8 Å². The Labute approximate surface area is 165 Å². The highest BCUT2D eigenvalue weighted by molar-refractivity contribution is 6.07. The molecule has 1 aliphatic carbocycles. The maximum Gasteiger partial charge on any atom is 0.260 e. The minimum absolute atomic E-state index is 0.128. The van der Waals surface area contributed by atoms with E-state index in [9.17, 15) is 9.59 Å². The second-order valence-electron chi connectivity index (χ2n) is 8.05. The number of hydrogen-bond acceptors (Lipinski definition) is 2. The van der Waals surface area contributed by atoms with Gasteiger partial charge in [-0.25, -0.2) is 0 Å². The number of hydrogen-bond donors (Lipinski definition) is 1. The van der Waals surface area contributed by atoms with E-state index in [1.807, 2.05) is 30.8 Å². The van der Waals surface area contributed by atoms with E-state index >= 15 is 0 Å². The molecule has 1 amide bonds. The summed E-state index contributed by atoms with van der Waals surface area (Å²) in [7, 11) is 3.62. The Morgan fingerprint density at radius 1 is 1.07 bits per heavy atom. The van der Waals surface area contributed by atoms with Gasteiger partial charge in [0.15, 0.2) is 0 Å². The highest BCUT2D eigenvalue weighted by atomic mass is 16.2. The number of pyridine rings is 1. The second-order valence-corrected chi connectivity index (χ2v) is 8.05. The van der Waals surface area contributed by atoms with Gasteiger partial charge in [0.05, 0.1) is 16.5 Å². The van der Waals surface area contributed by atoms with Crippen LogP contribution in [0.3, 0.4) is 0 Å². The van der Waals surface area contributed by atoms with E-state index in [0.717, 1.165) is 36.8 Å². The quantitative estimate of drug-likeness (QED) is 0.758. The summed E-state index contributed by atoms with van der Waals surface area (Å²) in [6.45, 7) is 1.97. The van der Waals surface area contributed by atoms with E-state index in [4.69, 9.17) is 0 Å². The maximum absolute atomic E-state index is 13.1. The number of aromatic nitrogens is 2. The van der Waals surface area contributed by atoms with Crippen LogP contribution in [0.4, 0.5) is 0 Å². The molecule has 2 atom stereocenters. The summed E-state index contributed by atoms with van der Waals surface area (Å²) < 4.78 is 3.44. The second kappa shape index (κ2) is 7.30. The Bertz CT molecular complexity index is 1080. The monoisotopic (exact) mass is 377 g/mol. The highest BCUT2D eigenvalue weighted by Crippen LogP contribution is 2.33. The molecular formula is C23H27N3O2. The van der Waals surface area contributed by atoms with E-state index in [0.29, 0.717) is 16.9 Å². The smallest absolute Gasteiger partial charge is 0.260 e. The number of nitrogens with one attached hydrogen (secondary N) is 1. The predicted molar refractivity (Wildman–Crippen MR) is 112 cm³/mol. The summed E-state index contributed by atoms with van der Waals surface area (Å²) in [6, 6.07) is 10.7. The van der Waals surface area contributed by atoms with Crippen LogP contribution in [-0.4, -0.2) is 21.1 Å². The van der Waals surface area contributed by atoms with Gasteiger partial charge < -0.3 is 14.5 Å². The highest BCUT2D eigenvalue weighted by Gasteiger charge is 2.26. The summed E-state index contributed by atoms with van der Waals surface area (Å²) >= 11 is 0. The standard InChI is InChI=1S/C23H27N3O2/c1-15-13-26(3)23(28)20-19(14-25(2)21(15)20)22(27)24-18-11-7-10-17(12-18)16-8-5-4-6-9-16/h4-6,8-9,13-14,17-18H,7,10-12H2,1-3H3,(H,24,27)/t17-,18-/m0/s1. The molecule has 4 rings (SSSR count). The van der Waals surface area contributed by atoms with Gasteiger partial charge in [-0.15, -0.1) is 0 Å². The molecule has 0 bridgehead atoms. The molecule has 1 aromatic carbocycles. The van der Waals surface area contributed by atoms with Gasteiger partial charge >= 0.3 is 0 Å². The van der Waals surface area contributed by atoms with Crippen molar-refractivity contribution in [3.63, 3.8) is 0 Å². The predicted octanol–water partition coefficient (Wildman–Crippen LogP) is 3.64. The van der Waals surface area contributed by atoms with Gasteiger partial charge in [-0.3, -0.25) is 9.59 Å². The van der Waals surface area contributed by atoms with Crippen LogP contribution in [-0.2, 0) is 14.1 Å². The molecule has 0 spiro atoms. The molecule has 2 aromatic heterocycles. The fourth-order valence-electron chi connectivity index (χ4n) is 4.69. The number of benzene rings is 1. The van der Waals surface area contributed by atoms with Crippen LogP contribution in [0.2, 0.25) is 0 Å². The Kier molecular flexibility index (Phi) is 4.84. The summed E-state index contributed by atoms with van der Waals surface area (Å²) in [5.74, 6) is 0.329. The molecule has 1 saturated carbocycles. The zero-order valence-corrected chi connectivity index (χ0v) is 16.7. The Morgan fingerprint density at radius 3 is 2.57 bits per heavy atom. The van der Waals surface area contributed by atoms with Crippen LogP contribution >= 0.6 is 0 Å². The lowest BCUT2D eigenvalue weighted by Gasteiger charge is -2.30. The first-order valence-electron chi connectivity index (χ1n) is 9.96. The molecule has 1 fully saturated rings. The van der Waals surface area contributed by atoms with Gasteiger partial charge in [0.25, 0.3) is 11.5 Å². The fraction of sp³-hybridized carbons (Fsp3) is 0.391. The van der Waals surface area contributed by atoms with E-state index < -0.39 is 0 Å². The number of rotatable bonds is 3. The lowest BCUT2D eigenvalue weighted by Crippen LogP contribution is -2.38. The molecule has 0 radical (unpaired) electrons. The Balaban J connectivity index is 1.60. The van der Waals surface area contributed by atoms with Crippen LogP contribution in [0.25, 0.3) is 10.9 Å². The van der Waals surface area contributed by atoms with Crippen LogP contribution in [0.1, 0.15) is 53.1 Å². The number of aryl methyl sites for hydroxylation is 3. The van der Waals surface area contributed by atoms with Crippen molar-refractivity contribution in [1.82, 2.24) is 14.5 Å². The minimum atomic E-state index is -0.146. The van der Waals surface area contributed by atoms with Crippen molar-refractivity contribution in [2.75, 3.05) is 0 Å². The van der Waals surface area contributed by atoms with Gasteiger partial charge in [-0.2, -0.15) is 0 Å². The van der Waals surface area contributed by atoms with Crippen molar-refractivity contribution in [2.45, 2.75) is 44.6 Å². The number of carbonyl (C=O) groups excluding carboxylic acids is 1. The SMILES string of the molecule is Cc1cn(C)c(=O)c2c(C(=O)N[C@H]3CCC[C@H](c4ccccc4)C3)cn(C)c12. The zero-order valence-electron chi connectivity index (χ0n) is 16.7. The molecule has 5 nitrogen and oxygen atoms in total. The molecule has 0 saturated heterocycles. The average molecular weight is 377 g/mol. The number of amides is 1. The van der Waals surface area contributed by atoms with E-state index in [1.165, 1.54) is 5.56 Å². The summed E-state index contributed by atoms with van der Waals surface area (Å²) in [4.78, 5) is 25.8.